The van der Waals surface area contributed by atoms with Crippen LogP contribution in [0.4, 0.5) is 10.1 Å². The normalized spacial score (nSPS) is 25.5. The van der Waals surface area contributed by atoms with Crippen LogP contribution >= 0.6 is 0 Å². The Balaban J connectivity index is 1.32. The third kappa shape index (κ3) is 5.25. The molecule has 3 fully saturated rings. The minimum atomic E-state index is -0.681. The minimum absolute atomic E-state index is 0.274. The summed E-state index contributed by atoms with van der Waals surface area (Å²) in [4.78, 5) is 25.4. The number of imide groups is 1. The van der Waals surface area contributed by atoms with Gasteiger partial charge in [0.2, 0.25) is 11.8 Å². The van der Waals surface area contributed by atoms with Crippen LogP contribution in [-0.2, 0) is 9.59 Å². The van der Waals surface area contributed by atoms with E-state index in [0.717, 1.165) is 38.8 Å². The molecule has 3 heterocycles. The van der Waals surface area contributed by atoms with Crippen LogP contribution in [0, 0.1) is 11.7 Å². The molecule has 1 aromatic carbocycles. The van der Waals surface area contributed by atoms with Crippen molar-refractivity contribution in [2.45, 2.75) is 62.9 Å². The number of nitrogens with two attached hydrogens (primary N) is 1. The number of nitrogens with zero attached hydrogens (tertiary/aromatic N) is 2. The Bertz CT molecular complexity index is 817. The number of rotatable bonds is 5. The summed E-state index contributed by atoms with van der Waals surface area (Å²) in [6.45, 7) is 3.05. The molecule has 170 valence electrons. The summed E-state index contributed by atoms with van der Waals surface area (Å²) in [7, 11) is 0. The lowest BCUT2D eigenvalue weighted by Crippen LogP contribution is -2.45. The van der Waals surface area contributed by atoms with Crippen LogP contribution in [0.2, 0.25) is 0 Å². The van der Waals surface area contributed by atoms with Crippen molar-refractivity contribution in [3.8, 4) is 0 Å². The predicted molar refractivity (Wildman–Crippen MR) is 116 cm³/mol. The first-order valence-electron chi connectivity index (χ1n) is 11.4. The monoisotopic (exact) mass is 432 g/mol. The molecule has 1 atom stereocenters. The highest BCUT2D eigenvalue weighted by Gasteiger charge is 2.34. The zero-order valence-corrected chi connectivity index (χ0v) is 18.0. The van der Waals surface area contributed by atoms with Gasteiger partial charge in [0, 0.05) is 32.6 Å². The molecule has 4 N–H and O–H groups in total. The third-order valence-corrected chi connectivity index (χ3v) is 7.32. The van der Waals surface area contributed by atoms with Gasteiger partial charge < -0.3 is 10.0 Å². The minimum Gasteiger partial charge on any atom is -0.390 e. The van der Waals surface area contributed by atoms with Crippen LogP contribution in [0.5, 0.6) is 0 Å². The van der Waals surface area contributed by atoms with E-state index in [4.69, 9.17) is 5.84 Å². The molecule has 7 nitrogen and oxygen atoms in total. The molecule has 3 saturated heterocycles. The van der Waals surface area contributed by atoms with E-state index in [9.17, 15) is 19.1 Å². The van der Waals surface area contributed by atoms with Gasteiger partial charge in [-0.3, -0.25) is 20.7 Å². The van der Waals surface area contributed by atoms with E-state index in [0.29, 0.717) is 49.5 Å². The number of anilines is 1. The van der Waals surface area contributed by atoms with E-state index in [1.54, 1.807) is 12.1 Å². The summed E-state index contributed by atoms with van der Waals surface area (Å²) in [5.41, 5.74) is 0.427. The van der Waals surface area contributed by atoms with Gasteiger partial charge in [0.05, 0.1) is 17.2 Å². The number of hydrogen-bond donors (Lipinski definition) is 3. The topological polar surface area (TPSA) is 98.9 Å². The Morgan fingerprint density at radius 2 is 1.84 bits per heavy atom. The third-order valence-electron chi connectivity index (χ3n) is 7.32. The van der Waals surface area contributed by atoms with Crippen LogP contribution in [0.25, 0.3) is 0 Å². The summed E-state index contributed by atoms with van der Waals surface area (Å²) >= 11 is 0. The predicted octanol–water partition coefficient (Wildman–Crippen LogP) is 2.04. The lowest BCUT2D eigenvalue weighted by Gasteiger charge is -2.40. The molecule has 3 aliphatic rings. The molecule has 4 rings (SSSR count). The van der Waals surface area contributed by atoms with Gasteiger partial charge in [0.15, 0.2) is 0 Å². The standard InChI is InChI=1S/C23H33FN4O3/c24-19-15-17(18-2-4-21(29)26-22(18)30)1-3-20(19)27-13-9-23(31,10-14-27)8-5-16-6-11-28(25)12-7-16/h1,3,15-16,18,31H,2,4-14,25H2,(H,26,29,30). The first-order valence-corrected chi connectivity index (χ1v) is 11.4. The van der Waals surface area contributed by atoms with Crippen LogP contribution in [0.1, 0.15) is 62.8 Å². The van der Waals surface area contributed by atoms with Crippen molar-refractivity contribution in [2.75, 3.05) is 31.1 Å². The Kier molecular flexibility index (Phi) is 6.60. The van der Waals surface area contributed by atoms with Crippen molar-refractivity contribution in [1.82, 2.24) is 10.3 Å². The van der Waals surface area contributed by atoms with Crippen LogP contribution in [-0.4, -0.2) is 53.7 Å². The molecule has 0 saturated carbocycles. The second kappa shape index (κ2) is 9.22. The fourth-order valence-corrected chi connectivity index (χ4v) is 5.14. The zero-order chi connectivity index (χ0) is 22.0. The Labute approximate surface area is 182 Å². The maximum Gasteiger partial charge on any atom is 0.234 e. The van der Waals surface area contributed by atoms with Gasteiger partial charge in [-0.15, -0.1) is 0 Å². The number of aliphatic hydroxyl groups is 1. The first-order chi connectivity index (χ1) is 14.8. The fraction of sp³-hybridized carbons (Fsp3) is 0.652. The van der Waals surface area contributed by atoms with Crippen molar-refractivity contribution in [3.63, 3.8) is 0 Å². The molecule has 8 heteroatoms. The lowest BCUT2D eigenvalue weighted by atomic mass is 9.82. The maximum absolute atomic E-state index is 14.9. The second-order valence-electron chi connectivity index (χ2n) is 9.44. The number of hydrazine groups is 1. The SMILES string of the molecule is NN1CCC(CCC2(O)CCN(c3ccc(C4CCC(=O)NC4=O)cc3F)CC2)CC1. The van der Waals surface area contributed by atoms with E-state index < -0.39 is 11.5 Å². The summed E-state index contributed by atoms with van der Waals surface area (Å²) in [6, 6.07) is 4.92. The quantitative estimate of drug-likeness (QED) is 0.487. The molecule has 1 unspecified atom stereocenters. The van der Waals surface area contributed by atoms with E-state index in [1.807, 2.05) is 9.91 Å². The molecular formula is C23H33FN4O3. The lowest BCUT2D eigenvalue weighted by molar-refractivity contribution is -0.134. The number of carbonyl (C=O) groups is 2. The van der Waals surface area contributed by atoms with Gasteiger partial charge in [-0.1, -0.05) is 6.07 Å². The smallest absolute Gasteiger partial charge is 0.234 e. The van der Waals surface area contributed by atoms with Gasteiger partial charge in [-0.25, -0.2) is 9.40 Å². The highest BCUT2D eigenvalue weighted by Crippen LogP contribution is 2.35. The van der Waals surface area contributed by atoms with Crippen LogP contribution < -0.4 is 16.1 Å². The van der Waals surface area contributed by atoms with Crippen molar-refractivity contribution >= 4 is 17.5 Å². The number of hydrogen-bond acceptors (Lipinski definition) is 6. The first kappa shape index (κ1) is 22.2. The van der Waals surface area contributed by atoms with Gasteiger partial charge in [0.1, 0.15) is 5.82 Å². The van der Waals surface area contributed by atoms with Gasteiger partial charge in [-0.05, 0) is 68.6 Å². The average molecular weight is 433 g/mol. The Hall–Kier alpha value is -2.03. The maximum atomic E-state index is 14.9. The van der Waals surface area contributed by atoms with Gasteiger partial charge >= 0.3 is 0 Å². The molecule has 0 bridgehead atoms. The van der Waals surface area contributed by atoms with Crippen molar-refractivity contribution in [3.05, 3.63) is 29.6 Å². The van der Waals surface area contributed by atoms with E-state index in [-0.39, 0.29) is 24.1 Å². The van der Waals surface area contributed by atoms with Crippen LogP contribution in [0.3, 0.4) is 0 Å². The molecule has 0 aliphatic carbocycles. The van der Waals surface area contributed by atoms with E-state index >= 15 is 0 Å². The van der Waals surface area contributed by atoms with Crippen LogP contribution in [0.15, 0.2) is 18.2 Å². The summed E-state index contributed by atoms with van der Waals surface area (Å²) < 4.78 is 14.9. The highest BCUT2D eigenvalue weighted by molar-refractivity contribution is 6.00. The zero-order valence-electron chi connectivity index (χ0n) is 18.0. The molecule has 31 heavy (non-hydrogen) atoms. The average Bonchev–Trinajstić information content (AvgIpc) is 2.74. The molecular weight excluding hydrogens is 399 g/mol. The molecule has 0 aromatic heterocycles. The van der Waals surface area contributed by atoms with Gasteiger partial charge in [0.25, 0.3) is 0 Å². The molecule has 1 aromatic rings. The van der Waals surface area contributed by atoms with E-state index in [2.05, 4.69) is 5.32 Å². The highest BCUT2D eigenvalue weighted by atomic mass is 19.1. The van der Waals surface area contributed by atoms with Gasteiger partial charge in [-0.2, -0.15) is 0 Å². The number of benzene rings is 1. The number of carbonyl (C=O) groups excluding carboxylic acids is 2. The summed E-state index contributed by atoms with van der Waals surface area (Å²) in [5, 5.41) is 15.2. The number of piperidine rings is 3. The number of nitrogens with one attached hydrogen (secondary N) is 1. The molecule has 3 aliphatic heterocycles. The Morgan fingerprint density at radius 3 is 2.48 bits per heavy atom. The number of amides is 2. The molecule has 2 amide bonds. The summed E-state index contributed by atoms with van der Waals surface area (Å²) in [5.74, 6) is 4.97. The fourth-order valence-electron chi connectivity index (χ4n) is 5.14. The summed E-state index contributed by atoms with van der Waals surface area (Å²) in [6.07, 6.45) is 5.90. The largest absolute Gasteiger partial charge is 0.390 e. The number of halogens is 1. The Morgan fingerprint density at radius 1 is 1.13 bits per heavy atom. The van der Waals surface area contributed by atoms with Crippen molar-refractivity contribution in [1.29, 1.82) is 0 Å². The van der Waals surface area contributed by atoms with Crippen molar-refractivity contribution < 1.29 is 19.1 Å². The van der Waals surface area contributed by atoms with E-state index in [1.165, 1.54) is 6.07 Å². The molecule has 0 radical (unpaired) electrons. The van der Waals surface area contributed by atoms with Crippen molar-refractivity contribution in [2.24, 2.45) is 11.8 Å². The second-order valence-corrected chi connectivity index (χ2v) is 9.44. The molecule has 0 spiro atoms.